The van der Waals surface area contributed by atoms with Crippen LogP contribution in [0.1, 0.15) is 21.1 Å². The molecule has 1 N–H and O–H groups in total. The number of nitrogens with one attached hydrogen (secondary N) is 1. The van der Waals surface area contributed by atoms with Gasteiger partial charge < -0.3 is 19.5 Å². The molecule has 146 valence electrons. The van der Waals surface area contributed by atoms with Crippen molar-refractivity contribution in [2.45, 2.75) is 13.5 Å². The van der Waals surface area contributed by atoms with Gasteiger partial charge in [0.05, 0.1) is 29.2 Å². The van der Waals surface area contributed by atoms with Crippen LogP contribution in [-0.4, -0.2) is 36.2 Å². The quantitative estimate of drug-likeness (QED) is 0.553. The third kappa shape index (κ3) is 5.77. The zero-order chi connectivity index (χ0) is 19.8. The van der Waals surface area contributed by atoms with E-state index >= 15 is 0 Å². The largest absolute Gasteiger partial charge is 0.487 e. The summed E-state index contributed by atoms with van der Waals surface area (Å²) in [6.45, 7) is 3.22. The second kappa shape index (κ2) is 9.82. The lowest BCUT2D eigenvalue weighted by Crippen LogP contribution is -2.12. The van der Waals surface area contributed by atoms with Crippen molar-refractivity contribution in [1.29, 1.82) is 0 Å². The highest BCUT2D eigenvalue weighted by atomic mass is 32.1. The topological polar surface area (TPSA) is 82.6 Å². The fourth-order valence-corrected chi connectivity index (χ4v) is 2.93. The summed E-state index contributed by atoms with van der Waals surface area (Å²) in [5.41, 5.74) is 1.94. The number of aromatic nitrogens is 2. The van der Waals surface area contributed by atoms with Crippen molar-refractivity contribution in [3.05, 3.63) is 64.2 Å². The molecular formula is C20H21N3O4S. The van der Waals surface area contributed by atoms with E-state index in [0.29, 0.717) is 42.7 Å². The average molecular weight is 399 g/mol. The molecule has 0 fully saturated rings. The van der Waals surface area contributed by atoms with Crippen molar-refractivity contribution in [2.24, 2.45) is 0 Å². The summed E-state index contributed by atoms with van der Waals surface area (Å²) in [5, 5.41) is 5.76. The number of amides is 1. The molecule has 2 aromatic heterocycles. The number of thiazole rings is 1. The molecule has 0 saturated heterocycles. The van der Waals surface area contributed by atoms with Gasteiger partial charge in [-0.05, 0) is 31.2 Å². The molecule has 0 atom stereocenters. The first-order valence-corrected chi connectivity index (χ1v) is 9.55. The number of carbonyl (C=O) groups is 1. The van der Waals surface area contributed by atoms with E-state index in [-0.39, 0.29) is 5.91 Å². The van der Waals surface area contributed by atoms with Crippen molar-refractivity contribution in [3.63, 3.8) is 0 Å². The van der Waals surface area contributed by atoms with Gasteiger partial charge in [-0.2, -0.15) is 0 Å². The minimum Gasteiger partial charge on any atom is -0.487 e. The number of ether oxygens (including phenoxy) is 3. The molecule has 3 aromatic rings. The molecule has 0 bridgehead atoms. The second-order valence-corrected chi connectivity index (χ2v) is 6.92. The van der Waals surface area contributed by atoms with E-state index in [2.05, 4.69) is 15.3 Å². The number of methoxy groups -OCH3 is 1. The van der Waals surface area contributed by atoms with Crippen LogP contribution in [-0.2, 0) is 11.3 Å². The van der Waals surface area contributed by atoms with Crippen LogP contribution < -0.4 is 14.8 Å². The Morgan fingerprint density at radius 1 is 1.18 bits per heavy atom. The number of hydrogen-bond donors (Lipinski definition) is 1. The summed E-state index contributed by atoms with van der Waals surface area (Å²) in [4.78, 5) is 21.0. The Hall–Kier alpha value is -2.97. The summed E-state index contributed by atoms with van der Waals surface area (Å²) < 4.78 is 16.1. The Kier molecular flexibility index (Phi) is 6.94. The first-order chi connectivity index (χ1) is 13.6. The molecule has 0 saturated carbocycles. The summed E-state index contributed by atoms with van der Waals surface area (Å²) in [7, 11) is 1.61. The highest BCUT2D eigenvalue weighted by Crippen LogP contribution is 2.18. The lowest BCUT2D eigenvalue weighted by Gasteiger charge is -2.09. The molecule has 0 spiro atoms. The van der Waals surface area contributed by atoms with E-state index in [1.54, 1.807) is 55.0 Å². The maximum Gasteiger partial charge on any atom is 0.255 e. The van der Waals surface area contributed by atoms with Crippen LogP contribution in [0.3, 0.4) is 0 Å². The number of carbonyl (C=O) groups excluding carboxylic acids is 1. The highest BCUT2D eigenvalue weighted by Gasteiger charge is 2.09. The molecular weight excluding hydrogens is 378 g/mol. The monoisotopic (exact) mass is 399 g/mol. The molecule has 0 aliphatic carbocycles. The Bertz CT molecular complexity index is 912. The van der Waals surface area contributed by atoms with E-state index in [1.165, 1.54) is 0 Å². The lowest BCUT2D eigenvalue weighted by atomic mass is 10.2. The molecule has 0 aliphatic heterocycles. The Morgan fingerprint density at radius 2 is 2.07 bits per heavy atom. The van der Waals surface area contributed by atoms with Crippen LogP contribution in [0.2, 0.25) is 0 Å². The van der Waals surface area contributed by atoms with E-state index in [4.69, 9.17) is 14.2 Å². The van der Waals surface area contributed by atoms with Crippen LogP contribution in [0.15, 0.2) is 48.0 Å². The first kappa shape index (κ1) is 19.8. The standard InChI is InChI=1S/C20H21N3O4S/c1-14-22-17(13-28-14)12-27-18-5-3-4-15(10-18)20(24)23-16-6-7-19(21-11-16)26-9-8-25-2/h3-7,10-11,13H,8-9,12H2,1-2H3,(H,23,24). The molecule has 28 heavy (non-hydrogen) atoms. The highest BCUT2D eigenvalue weighted by molar-refractivity contribution is 7.09. The summed E-state index contributed by atoms with van der Waals surface area (Å²) >= 11 is 1.58. The van der Waals surface area contributed by atoms with Gasteiger partial charge in [-0.1, -0.05) is 6.07 Å². The van der Waals surface area contributed by atoms with Crippen LogP contribution in [0.5, 0.6) is 11.6 Å². The second-order valence-electron chi connectivity index (χ2n) is 5.85. The van der Waals surface area contributed by atoms with Gasteiger partial charge in [0.25, 0.3) is 5.91 Å². The average Bonchev–Trinajstić information content (AvgIpc) is 3.13. The van der Waals surface area contributed by atoms with Gasteiger partial charge in [-0.3, -0.25) is 4.79 Å². The van der Waals surface area contributed by atoms with Crippen molar-refractivity contribution in [2.75, 3.05) is 25.6 Å². The summed E-state index contributed by atoms with van der Waals surface area (Å²) in [5.74, 6) is 0.839. The van der Waals surface area contributed by atoms with Crippen molar-refractivity contribution >= 4 is 22.9 Å². The fourth-order valence-electron chi connectivity index (χ4n) is 2.33. The van der Waals surface area contributed by atoms with Crippen LogP contribution in [0, 0.1) is 6.92 Å². The van der Waals surface area contributed by atoms with Gasteiger partial charge in [0.1, 0.15) is 19.0 Å². The summed E-state index contributed by atoms with van der Waals surface area (Å²) in [6.07, 6.45) is 1.55. The van der Waals surface area contributed by atoms with E-state index in [9.17, 15) is 4.79 Å². The van der Waals surface area contributed by atoms with Crippen molar-refractivity contribution in [3.8, 4) is 11.6 Å². The smallest absolute Gasteiger partial charge is 0.255 e. The molecule has 0 radical (unpaired) electrons. The molecule has 0 aliphatic rings. The molecule has 1 amide bonds. The van der Waals surface area contributed by atoms with E-state index in [1.807, 2.05) is 18.4 Å². The third-order valence-corrected chi connectivity index (χ3v) is 4.50. The minimum atomic E-state index is -0.246. The number of anilines is 1. The summed E-state index contributed by atoms with van der Waals surface area (Å²) in [6, 6.07) is 10.4. The zero-order valence-electron chi connectivity index (χ0n) is 15.7. The molecule has 2 heterocycles. The van der Waals surface area contributed by atoms with E-state index < -0.39 is 0 Å². The Morgan fingerprint density at radius 3 is 2.79 bits per heavy atom. The van der Waals surface area contributed by atoms with Gasteiger partial charge in [-0.25, -0.2) is 9.97 Å². The number of pyridine rings is 1. The number of rotatable bonds is 9. The predicted molar refractivity (Wildman–Crippen MR) is 107 cm³/mol. The van der Waals surface area contributed by atoms with Gasteiger partial charge in [0.15, 0.2) is 0 Å². The normalized spacial score (nSPS) is 10.5. The van der Waals surface area contributed by atoms with Crippen molar-refractivity contribution in [1.82, 2.24) is 9.97 Å². The fraction of sp³-hybridized carbons (Fsp3) is 0.250. The Balaban J connectivity index is 1.56. The molecule has 0 unspecified atom stereocenters. The zero-order valence-corrected chi connectivity index (χ0v) is 16.5. The van der Waals surface area contributed by atoms with Crippen LogP contribution >= 0.6 is 11.3 Å². The number of hydrogen-bond acceptors (Lipinski definition) is 7. The van der Waals surface area contributed by atoms with E-state index in [0.717, 1.165) is 10.7 Å². The Labute approximate surface area is 167 Å². The van der Waals surface area contributed by atoms with Gasteiger partial charge in [0.2, 0.25) is 5.88 Å². The molecule has 8 heteroatoms. The van der Waals surface area contributed by atoms with Gasteiger partial charge in [-0.15, -0.1) is 11.3 Å². The maximum atomic E-state index is 12.5. The van der Waals surface area contributed by atoms with Gasteiger partial charge in [0, 0.05) is 24.1 Å². The SMILES string of the molecule is COCCOc1ccc(NC(=O)c2cccc(OCc3csc(C)n3)c2)cn1. The maximum absolute atomic E-state index is 12.5. The number of nitrogens with zero attached hydrogens (tertiary/aromatic N) is 2. The molecule has 7 nitrogen and oxygen atoms in total. The molecule has 3 rings (SSSR count). The number of benzene rings is 1. The van der Waals surface area contributed by atoms with Crippen LogP contribution in [0.4, 0.5) is 5.69 Å². The molecule has 1 aromatic carbocycles. The predicted octanol–water partition coefficient (Wildman–Crippen LogP) is 3.70. The van der Waals surface area contributed by atoms with Crippen LogP contribution in [0.25, 0.3) is 0 Å². The third-order valence-electron chi connectivity index (χ3n) is 3.68. The lowest BCUT2D eigenvalue weighted by molar-refractivity contribution is 0.102. The van der Waals surface area contributed by atoms with Gasteiger partial charge >= 0.3 is 0 Å². The van der Waals surface area contributed by atoms with Crippen molar-refractivity contribution < 1.29 is 19.0 Å². The minimum absolute atomic E-state index is 0.246. The first-order valence-electron chi connectivity index (χ1n) is 8.67. The number of aryl methyl sites for hydroxylation is 1.